The minimum absolute atomic E-state index is 0.138. The van der Waals surface area contributed by atoms with Gasteiger partial charge in [0.15, 0.2) is 5.82 Å². The number of hydrogen-bond donors (Lipinski definition) is 3. The maximum atomic E-state index is 15.2. The number of rotatable bonds is 4. The average Bonchev–Trinajstić information content (AvgIpc) is 2.90. The summed E-state index contributed by atoms with van der Waals surface area (Å²) in [4.78, 5) is 11.4. The zero-order valence-corrected chi connectivity index (χ0v) is 15.9. The molecular formula is C17H19F4N3O4S. The number of benzene rings is 1. The van der Waals surface area contributed by atoms with Crippen molar-refractivity contribution in [3.63, 3.8) is 0 Å². The van der Waals surface area contributed by atoms with Crippen LogP contribution in [0.2, 0.25) is 0 Å². The lowest BCUT2D eigenvalue weighted by molar-refractivity contribution is -0.352. The zero-order valence-electron chi connectivity index (χ0n) is 15.1. The van der Waals surface area contributed by atoms with E-state index in [1.165, 1.54) is 6.07 Å². The number of ether oxygens (including phenoxy) is 1. The highest BCUT2D eigenvalue weighted by Gasteiger charge is 2.41. The van der Waals surface area contributed by atoms with E-state index in [1.807, 2.05) is 0 Å². The quantitative estimate of drug-likeness (QED) is 0.622. The Morgan fingerprint density at radius 2 is 2.03 bits per heavy atom. The predicted molar refractivity (Wildman–Crippen MR) is 94.6 cm³/mol. The van der Waals surface area contributed by atoms with Crippen molar-refractivity contribution in [3.8, 4) is 5.75 Å². The number of anilines is 1. The van der Waals surface area contributed by atoms with Crippen LogP contribution in [-0.2, 0) is 33.5 Å². The lowest BCUT2D eigenvalue weighted by Crippen LogP contribution is -2.51. The van der Waals surface area contributed by atoms with Gasteiger partial charge >= 0.3 is 6.36 Å². The maximum Gasteiger partial charge on any atom is 0.522 e. The monoisotopic (exact) mass is 437 g/mol. The molecule has 0 aromatic heterocycles. The summed E-state index contributed by atoms with van der Waals surface area (Å²) < 4.78 is 70.9. The van der Waals surface area contributed by atoms with Gasteiger partial charge in [0.05, 0.1) is 6.10 Å². The highest BCUT2D eigenvalue weighted by atomic mass is 32.2. The molecule has 2 aliphatic carbocycles. The molecule has 1 heterocycles. The van der Waals surface area contributed by atoms with Gasteiger partial charge in [0.1, 0.15) is 18.0 Å². The van der Waals surface area contributed by atoms with Crippen molar-refractivity contribution < 1.29 is 36.4 Å². The number of fused-ring (bicyclic) bond motifs is 1. The van der Waals surface area contributed by atoms with Crippen molar-refractivity contribution >= 4 is 22.8 Å². The number of carbonyl (C=O) groups is 1. The molecule has 1 amide bonds. The third kappa shape index (κ3) is 4.19. The number of phenols is 1. The molecule has 2 fully saturated rings. The van der Waals surface area contributed by atoms with Crippen LogP contribution in [0, 0.1) is 5.82 Å². The van der Waals surface area contributed by atoms with E-state index in [0.29, 0.717) is 24.0 Å². The third-order valence-electron chi connectivity index (χ3n) is 5.43. The van der Waals surface area contributed by atoms with E-state index in [4.69, 9.17) is 0 Å². The lowest BCUT2D eigenvalue weighted by atomic mass is 9.84. The Bertz CT molecular complexity index is 860. The Balaban J connectivity index is 1.45. The molecule has 1 saturated carbocycles. The first-order valence-electron chi connectivity index (χ1n) is 9.13. The molecule has 1 aromatic carbocycles. The first-order chi connectivity index (χ1) is 13.6. The second-order valence-corrected chi connectivity index (χ2v) is 8.61. The van der Waals surface area contributed by atoms with Crippen LogP contribution >= 0.6 is 0 Å². The highest BCUT2D eigenvalue weighted by molar-refractivity contribution is 7.85. The molecule has 2 atom stereocenters. The molecule has 12 heteroatoms. The Morgan fingerprint density at radius 3 is 2.66 bits per heavy atom. The topological polar surface area (TPSA) is 90.9 Å². The number of aromatic hydroxyl groups is 1. The van der Waals surface area contributed by atoms with Crippen molar-refractivity contribution in [2.45, 2.75) is 56.7 Å². The second kappa shape index (κ2) is 7.40. The van der Waals surface area contributed by atoms with Crippen molar-refractivity contribution in [1.82, 2.24) is 10.0 Å². The van der Waals surface area contributed by atoms with Crippen LogP contribution in [0.15, 0.2) is 6.07 Å². The number of alkyl halides is 3. The van der Waals surface area contributed by atoms with E-state index >= 15 is 4.39 Å². The van der Waals surface area contributed by atoms with E-state index in [1.54, 1.807) is 0 Å². The number of phenolic OH excluding ortho intramolecular Hbond substituents is 1. The number of halogens is 4. The van der Waals surface area contributed by atoms with E-state index in [2.05, 4.69) is 14.8 Å². The van der Waals surface area contributed by atoms with Crippen LogP contribution in [0.4, 0.5) is 23.2 Å². The Kier molecular flexibility index (Phi) is 5.20. The Morgan fingerprint density at radius 1 is 1.31 bits per heavy atom. The minimum atomic E-state index is -4.65. The van der Waals surface area contributed by atoms with E-state index in [9.17, 15) is 27.3 Å². The molecule has 1 saturated heterocycles. The third-order valence-corrected chi connectivity index (χ3v) is 6.55. The molecule has 3 N–H and O–H groups in total. The van der Waals surface area contributed by atoms with Gasteiger partial charge in [-0.05, 0) is 49.3 Å². The maximum absolute atomic E-state index is 15.2. The van der Waals surface area contributed by atoms with Crippen molar-refractivity contribution in [3.05, 3.63) is 23.0 Å². The standard InChI is InChI=1S/C17H19F4N3O4S/c18-15-12-6-9(22-10-4-11(5-10)28-17(19,20)21)2-1-8(12)3-13(25)16(15)24-7-14(26)23-29(24)27/h3,9-11,22,25H,1-2,4-7H2,(H,23,26). The fraction of sp³-hybridized carbons (Fsp3) is 0.588. The molecule has 0 radical (unpaired) electrons. The Labute approximate surface area is 166 Å². The molecule has 0 bridgehead atoms. The number of amides is 1. The number of aryl methyl sites for hydroxylation is 1. The molecule has 4 rings (SSSR count). The first kappa shape index (κ1) is 20.4. The lowest BCUT2D eigenvalue weighted by Gasteiger charge is -2.39. The molecular weight excluding hydrogens is 418 g/mol. The Hall–Kier alpha value is -1.92. The zero-order chi connectivity index (χ0) is 20.9. The van der Waals surface area contributed by atoms with Crippen LogP contribution < -0.4 is 14.3 Å². The highest BCUT2D eigenvalue weighted by Crippen LogP contribution is 2.39. The average molecular weight is 437 g/mol. The van der Waals surface area contributed by atoms with Crippen molar-refractivity contribution in [1.29, 1.82) is 0 Å². The summed E-state index contributed by atoms with van der Waals surface area (Å²) in [6, 6.07) is 1.14. The molecule has 2 unspecified atom stereocenters. The largest absolute Gasteiger partial charge is 0.522 e. The van der Waals surface area contributed by atoms with Gasteiger partial charge in [-0.2, -0.15) is 0 Å². The summed E-state index contributed by atoms with van der Waals surface area (Å²) in [6.07, 6.45) is -3.65. The molecule has 160 valence electrons. The van der Waals surface area contributed by atoms with Gasteiger partial charge in [-0.1, -0.05) is 0 Å². The number of nitrogens with one attached hydrogen (secondary N) is 2. The summed E-state index contributed by atoms with van der Waals surface area (Å²) in [6.45, 7) is -0.333. The van der Waals surface area contributed by atoms with Crippen molar-refractivity contribution in [2.75, 3.05) is 10.8 Å². The minimum Gasteiger partial charge on any atom is -0.506 e. The van der Waals surface area contributed by atoms with Gasteiger partial charge in [0, 0.05) is 12.1 Å². The molecule has 0 spiro atoms. The summed E-state index contributed by atoms with van der Waals surface area (Å²) in [5.41, 5.74) is 0.682. The summed E-state index contributed by atoms with van der Waals surface area (Å²) in [7, 11) is 0. The summed E-state index contributed by atoms with van der Waals surface area (Å²) in [5, 5.41) is 13.5. The van der Waals surface area contributed by atoms with Gasteiger partial charge in [0.2, 0.25) is 11.2 Å². The van der Waals surface area contributed by atoms with Crippen LogP contribution in [0.25, 0.3) is 0 Å². The van der Waals surface area contributed by atoms with Gasteiger partial charge < -0.3 is 10.4 Å². The molecule has 29 heavy (non-hydrogen) atoms. The predicted octanol–water partition coefficient (Wildman–Crippen LogP) is 1.56. The molecule has 1 aliphatic heterocycles. The number of nitrogens with zero attached hydrogens (tertiary/aromatic N) is 1. The fourth-order valence-electron chi connectivity index (χ4n) is 4.07. The number of hydrogen-bond acceptors (Lipinski definition) is 5. The smallest absolute Gasteiger partial charge is 0.506 e. The van der Waals surface area contributed by atoms with Crippen LogP contribution in [0.1, 0.15) is 30.4 Å². The fourth-order valence-corrected chi connectivity index (χ4v) is 5.02. The van der Waals surface area contributed by atoms with Gasteiger partial charge in [0.25, 0.3) is 5.91 Å². The van der Waals surface area contributed by atoms with Crippen LogP contribution in [0.3, 0.4) is 0 Å². The van der Waals surface area contributed by atoms with Gasteiger partial charge in [-0.3, -0.25) is 18.6 Å². The molecule has 7 nitrogen and oxygen atoms in total. The van der Waals surface area contributed by atoms with Crippen LogP contribution in [0.5, 0.6) is 5.75 Å². The second-order valence-electron chi connectivity index (χ2n) is 7.47. The van der Waals surface area contributed by atoms with E-state index in [0.717, 1.165) is 4.31 Å². The van der Waals surface area contributed by atoms with E-state index < -0.39 is 35.4 Å². The summed E-state index contributed by atoms with van der Waals surface area (Å²) in [5.74, 6) is -1.66. The molecule has 3 aliphatic rings. The molecule has 1 aromatic rings. The van der Waals surface area contributed by atoms with Gasteiger partial charge in [-0.15, -0.1) is 13.2 Å². The normalized spacial score (nSPS) is 29.4. The van der Waals surface area contributed by atoms with Crippen LogP contribution in [-0.4, -0.2) is 46.3 Å². The SMILES string of the molecule is O=C1CN(c2c(O)cc3c(c2F)CC(NC2CC(OC(F)(F)F)C2)CC3)S(=O)N1. The van der Waals surface area contributed by atoms with E-state index in [-0.39, 0.29) is 49.3 Å². The van der Waals surface area contributed by atoms with Gasteiger partial charge in [-0.25, -0.2) is 8.60 Å². The first-order valence-corrected chi connectivity index (χ1v) is 10.2. The number of carbonyl (C=O) groups excluding carboxylic acids is 1. The van der Waals surface area contributed by atoms with Crippen molar-refractivity contribution in [2.24, 2.45) is 0 Å². The summed E-state index contributed by atoms with van der Waals surface area (Å²) >= 11 is -1.97.